The standard InChI is InChI=1S/C10H9BrN2O/c11-8-3-1-2-7(4-8)9-6-14-10(5-12)13-9/h1-4,6H,5,12H2. The highest BCUT2D eigenvalue weighted by molar-refractivity contribution is 9.10. The van der Waals surface area contributed by atoms with Crippen LogP contribution in [-0.2, 0) is 6.54 Å². The molecule has 0 aliphatic heterocycles. The molecule has 2 N–H and O–H groups in total. The molecule has 0 atom stereocenters. The molecule has 0 fully saturated rings. The molecule has 0 spiro atoms. The zero-order chi connectivity index (χ0) is 9.97. The van der Waals surface area contributed by atoms with Gasteiger partial charge in [-0.1, -0.05) is 28.1 Å². The third-order valence-corrected chi connectivity index (χ3v) is 2.34. The highest BCUT2D eigenvalue weighted by atomic mass is 79.9. The van der Waals surface area contributed by atoms with Crippen LogP contribution in [0.25, 0.3) is 11.3 Å². The fraction of sp³-hybridized carbons (Fsp3) is 0.100. The Kier molecular flexibility index (Phi) is 2.65. The zero-order valence-electron chi connectivity index (χ0n) is 7.40. The molecule has 0 saturated carbocycles. The lowest BCUT2D eigenvalue weighted by Gasteiger charge is -1.95. The second-order valence-electron chi connectivity index (χ2n) is 2.84. The van der Waals surface area contributed by atoms with Gasteiger partial charge in [-0.25, -0.2) is 4.98 Å². The minimum atomic E-state index is 0.327. The molecule has 1 heterocycles. The summed E-state index contributed by atoms with van der Waals surface area (Å²) in [6, 6.07) is 7.88. The summed E-state index contributed by atoms with van der Waals surface area (Å²) in [6.45, 7) is 0.327. The Bertz CT molecular complexity index is 439. The van der Waals surface area contributed by atoms with E-state index < -0.39 is 0 Å². The van der Waals surface area contributed by atoms with E-state index in [1.165, 1.54) is 0 Å². The lowest BCUT2D eigenvalue weighted by molar-refractivity contribution is 0.498. The third-order valence-electron chi connectivity index (χ3n) is 1.85. The van der Waals surface area contributed by atoms with Gasteiger partial charge in [0.05, 0.1) is 6.54 Å². The van der Waals surface area contributed by atoms with Crippen LogP contribution in [0.15, 0.2) is 39.4 Å². The number of oxazole rings is 1. The molecule has 2 rings (SSSR count). The summed E-state index contributed by atoms with van der Waals surface area (Å²) in [4.78, 5) is 4.23. The molecule has 0 saturated heterocycles. The van der Waals surface area contributed by atoms with Crippen LogP contribution in [0.4, 0.5) is 0 Å². The maximum atomic E-state index is 5.41. The molecule has 0 unspecified atom stereocenters. The van der Waals surface area contributed by atoms with E-state index in [4.69, 9.17) is 10.2 Å². The van der Waals surface area contributed by atoms with E-state index in [-0.39, 0.29) is 0 Å². The van der Waals surface area contributed by atoms with Crippen molar-refractivity contribution in [2.75, 3.05) is 0 Å². The van der Waals surface area contributed by atoms with E-state index in [0.29, 0.717) is 12.4 Å². The Labute approximate surface area is 90.1 Å². The van der Waals surface area contributed by atoms with Gasteiger partial charge in [-0.3, -0.25) is 0 Å². The largest absolute Gasteiger partial charge is 0.447 e. The first-order valence-electron chi connectivity index (χ1n) is 4.20. The molecule has 1 aromatic carbocycles. The van der Waals surface area contributed by atoms with Crippen LogP contribution in [0, 0.1) is 0 Å². The summed E-state index contributed by atoms with van der Waals surface area (Å²) in [5, 5.41) is 0. The molecule has 0 aliphatic rings. The van der Waals surface area contributed by atoms with E-state index in [1.807, 2.05) is 24.3 Å². The van der Waals surface area contributed by atoms with Crippen molar-refractivity contribution in [2.24, 2.45) is 5.73 Å². The number of aromatic nitrogens is 1. The van der Waals surface area contributed by atoms with Crippen LogP contribution in [0.2, 0.25) is 0 Å². The molecular formula is C10H9BrN2O. The van der Waals surface area contributed by atoms with Crippen LogP contribution in [-0.4, -0.2) is 4.98 Å². The quantitative estimate of drug-likeness (QED) is 0.894. The minimum Gasteiger partial charge on any atom is -0.447 e. The number of nitrogens with two attached hydrogens (primary N) is 1. The van der Waals surface area contributed by atoms with Crippen molar-refractivity contribution < 1.29 is 4.42 Å². The second-order valence-corrected chi connectivity index (χ2v) is 3.76. The highest BCUT2D eigenvalue weighted by Gasteiger charge is 2.04. The number of nitrogens with zero attached hydrogens (tertiary/aromatic N) is 1. The first kappa shape index (κ1) is 9.43. The predicted octanol–water partition coefficient (Wildman–Crippen LogP) is 2.56. The monoisotopic (exact) mass is 252 g/mol. The third kappa shape index (κ3) is 1.86. The van der Waals surface area contributed by atoms with E-state index >= 15 is 0 Å². The van der Waals surface area contributed by atoms with E-state index in [2.05, 4.69) is 20.9 Å². The Morgan fingerprint density at radius 2 is 2.29 bits per heavy atom. The predicted molar refractivity (Wildman–Crippen MR) is 57.5 cm³/mol. The Hall–Kier alpha value is -1.13. The van der Waals surface area contributed by atoms with E-state index in [0.717, 1.165) is 15.7 Å². The molecule has 0 amide bonds. The maximum Gasteiger partial charge on any atom is 0.208 e. The summed E-state index contributed by atoms with van der Waals surface area (Å²) in [6.07, 6.45) is 1.62. The molecular weight excluding hydrogens is 244 g/mol. The number of benzene rings is 1. The summed E-state index contributed by atoms with van der Waals surface area (Å²) >= 11 is 3.40. The normalized spacial score (nSPS) is 10.4. The number of hydrogen-bond donors (Lipinski definition) is 1. The topological polar surface area (TPSA) is 52.0 Å². The Balaban J connectivity index is 2.39. The summed E-state index contributed by atoms with van der Waals surface area (Å²) in [5.74, 6) is 0.556. The van der Waals surface area contributed by atoms with Gasteiger partial charge in [0.25, 0.3) is 0 Å². The molecule has 0 bridgehead atoms. The summed E-state index contributed by atoms with van der Waals surface area (Å²) in [5.41, 5.74) is 7.23. The summed E-state index contributed by atoms with van der Waals surface area (Å²) < 4.78 is 6.18. The number of rotatable bonds is 2. The molecule has 0 radical (unpaired) electrons. The lowest BCUT2D eigenvalue weighted by atomic mass is 10.2. The van der Waals surface area contributed by atoms with Gasteiger partial charge in [0.1, 0.15) is 12.0 Å². The van der Waals surface area contributed by atoms with Crippen LogP contribution in [0.5, 0.6) is 0 Å². The Morgan fingerprint density at radius 3 is 2.93 bits per heavy atom. The molecule has 4 heteroatoms. The van der Waals surface area contributed by atoms with Gasteiger partial charge >= 0.3 is 0 Å². The van der Waals surface area contributed by atoms with E-state index in [9.17, 15) is 0 Å². The van der Waals surface area contributed by atoms with Crippen molar-refractivity contribution in [2.45, 2.75) is 6.54 Å². The van der Waals surface area contributed by atoms with Crippen molar-refractivity contribution in [3.63, 3.8) is 0 Å². The number of hydrogen-bond acceptors (Lipinski definition) is 3. The van der Waals surface area contributed by atoms with Gasteiger partial charge in [0, 0.05) is 10.0 Å². The number of halogens is 1. The van der Waals surface area contributed by atoms with Crippen LogP contribution < -0.4 is 5.73 Å². The second kappa shape index (κ2) is 3.94. The maximum absolute atomic E-state index is 5.41. The van der Waals surface area contributed by atoms with Crippen molar-refractivity contribution in [1.29, 1.82) is 0 Å². The molecule has 72 valence electrons. The SMILES string of the molecule is NCc1nc(-c2cccc(Br)c2)co1. The molecule has 2 aromatic rings. The van der Waals surface area contributed by atoms with Crippen molar-refractivity contribution in [3.05, 3.63) is 40.9 Å². The van der Waals surface area contributed by atoms with E-state index in [1.54, 1.807) is 6.26 Å². The fourth-order valence-electron chi connectivity index (χ4n) is 1.19. The van der Waals surface area contributed by atoms with Crippen molar-refractivity contribution in [3.8, 4) is 11.3 Å². The van der Waals surface area contributed by atoms with Gasteiger partial charge in [0.15, 0.2) is 0 Å². The smallest absolute Gasteiger partial charge is 0.208 e. The van der Waals surface area contributed by atoms with Crippen LogP contribution in [0.3, 0.4) is 0 Å². The first-order chi connectivity index (χ1) is 6.79. The fourth-order valence-corrected chi connectivity index (χ4v) is 1.58. The minimum absolute atomic E-state index is 0.327. The average molecular weight is 253 g/mol. The molecule has 14 heavy (non-hydrogen) atoms. The highest BCUT2D eigenvalue weighted by Crippen LogP contribution is 2.21. The van der Waals surface area contributed by atoms with Gasteiger partial charge in [-0.2, -0.15) is 0 Å². The molecule has 3 nitrogen and oxygen atoms in total. The van der Waals surface area contributed by atoms with Gasteiger partial charge in [-0.15, -0.1) is 0 Å². The zero-order valence-corrected chi connectivity index (χ0v) is 8.99. The average Bonchev–Trinajstić information content (AvgIpc) is 2.66. The molecule has 0 aliphatic carbocycles. The van der Waals surface area contributed by atoms with Gasteiger partial charge in [-0.05, 0) is 12.1 Å². The lowest BCUT2D eigenvalue weighted by Crippen LogP contribution is -1.95. The Morgan fingerprint density at radius 1 is 1.43 bits per heavy atom. The van der Waals surface area contributed by atoms with Crippen molar-refractivity contribution >= 4 is 15.9 Å². The van der Waals surface area contributed by atoms with Crippen LogP contribution in [0.1, 0.15) is 5.89 Å². The summed E-state index contributed by atoms with van der Waals surface area (Å²) in [7, 11) is 0. The van der Waals surface area contributed by atoms with Crippen LogP contribution >= 0.6 is 15.9 Å². The van der Waals surface area contributed by atoms with Crippen molar-refractivity contribution in [1.82, 2.24) is 4.98 Å². The van der Waals surface area contributed by atoms with Gasteiger partial charge in [0.2, 0.25) is 5.89 Å². The van der Waals surface area contributed by atoms with Gasteiger partial charge < -0.3 is 10.2 Å². The molecule has 1 aromatic heterocycles. The first-order valence-corrected chi connectivity index (χ1v) is 4.99.